The number of rotatable bonds is 5. The fraction of sp³-hybridized carbons (Fsp3) is 0.500. The van der Waals surface area contributed by atoms with E-state index >= 15 is 0 Å². The highest BCUT2D eigenvalue weighted by molar-refractivity contribution is 7.81. The SMILES string of the molecule is COc1c(OC(C)C)cc2c(c1OC(C)C)C(O)=CC(S)O2. The maximum atomic E-state index is 10.3. The topological polar surface area (TPSA) is 57.2 Å². The zero-order chi connectivity index (χ0) is 16.4. The average molecular weight is 326 g/mol. The highest BCUT2D eigenvalue weighted by Gasteiger charge is 2.29. The molecular formula is C16H22O5S. The predicted octanol–water partition coefficient (Wildman–Crippen LogP) is 3.82. The molecule has 0 aliphatic carbocycles. The summed E-state index contributed by atoms with van der Waals surface area (Å²) in [5, 5.41) is 10.3. The number of hydrogen-bond donors (Lipinski definition) is 2. The number of methoxy groups -OCH3 is 1. The molecule has 1 aromatic rings. The Kier molecular flexibility index (Phi) is 5.01. The Hall–Kier alpha value is -1.69. The summed E-state index contributed by atoms with van der Waals surface area (Å²) in [4.78, 5) is 0. The van der Waals surface area contributed by atoms with Crippen LogP contribution in [0.2, 0.25) is 0 Å². The second-order valence-electron chi connectivity index (χ2n) is 5.50. The summed E-state index contributed by atoms with van der Waals surface area (Å²) in [6.45, 7) is 7.63. The van der Waals surface area contributed by atoms with Crippen molar-refractivity contribution in [3.05, 3.63) is 17.7 Å². The van der Waals surface area contributed by atoms with Gasteiger partial charge in [0.2, 0.25) is 5.75 Å². The van der Waals surface area contributed by atoms with Gasteiger partial charge in [0.1, 0.15) is 17.1 Å². The van der Waals surface area contributed by atoms with Gasteiger partial charge in [0, 0.05) is 12.1 Å². The standard InChI is InChI=1S/C16H22O5S/c1-8(2)19-12-7-11-14(10(17)6-13(22)21-11)16(15(12)18-5)20-9(3)4/h6-9,13,17,22H,1-5H3. The van der Waals surface area contributed by atoms with E-state index in [1.807, 2.05) is 27.7 Å². The van der Waals surface area contributed by atoms with Gasteiger partial charge >= 0.3 is 0 Å². The van der Waals surface area contributed by atoms with E-state index in [9.17, 15) is 5.11 Å². The van der Waals surface area contributed by atoms with Crippen LogP contribution < -0.4 is 18.9 Å². The van der Waals surface area contributed by atoms with Crippen LogP contribution in [0.3, 0.4) is 0 Å². The molecule has 0 fully saturated rings. The van der Waals surface area contributed by atoms with Crippen molar-refractivity contribution in [3.8, 4) is 23.0 Å². The Balaban J connectivity index is 2.66. The van der Waals surface area contributed by atoms with Crippen molar-refractivity contribution >= 4 is 18.4 Å². The van der Waals surface area contributed by atoms with E-state index in [1.54, 1.807) is 6.07 Å². The molecule has 5 nitrogen and oxygen atoms in total. The van der Waals surface area contributed by atoms with Crippen LogP contribution in [0.25, 0.3) is 5.76 Å². The molecule has 0 spiro atoms. The van der Waals surface area contributed by atoms with Crippen molar-refractivity contribution < 1.29 is 24.1 Å². The summed E-state index contributed by atoms with van der Waals surface area (Å²) in [5.74, 6) is 1.84. The summed E-state index contributed by atoms with van der Waals surface area (Å²) >= 11 is 4.23. The van der Waals surface area contributed by atoms with Gasteiger partial charge in [-0.15, -0.1) is 12.6 Å². The minimum atomic E-state index is -0.528. The third kappa shape index (κ3) is 3.38. The highest BCUT2D eigenvalue weighted by atomic mass is 32.1. The zero-order valence-corrected chi connectivity index (χ0v) is 14.3. The Bertz CT molecular complexity index is 580. The molecule has 1 aliphatic rings. The molecule has 1 aromatic carbocycles. The second kappa shape index (κ2) is 6.60. The smallest absolute Gasteiger partial charge is 0.204 e. The molecular weight excluding hydrogens is 304 g/mol. The van der Waals surface area contributed by atoms with Gasteiger partial charge < -0.3 is 24.1 Å². The number of benzene rings is 1. The van der Waals surface area contributed by atoms with Gasteiger partial charge in [-0.2, -0.15) is 0 Å². The van der Waals surface area contributed by atoms with E-state index in [0.717, 1.165) is 0 Å². The molecule has 0 aromatic heterocycles. The summed E-state index contributed by atoms with van der Waals surface area (Å²) in [6, 6.07) is 1.69. The fourth-order valence-electron chi connectivity index (χ4n) is 2.19. The minimum Gasteiger partial charge on any atom is -0.507 e. The number of hydrogen-bond acceptors (Lipinski definition) is 6. The molecule has 0 radical (unpaired) electrons. The van der Waals surface area contributed by atoms with E-state index in [1.165, 1.54) is 13.2 Å². The summed E-state index contributed by atoms with van der Waals surface area (Å²) in [7, 11) is 1.54. The molecule has 2 rings (SSSR count). The van der Waals surface area contributed by atoms with Crippen LogP contribution in [0.4, 0.5) is 0 Å². The van der Waals surface area contributed by atoms with Crippen molar-refractivity contribution in [2.24, 2.45) is 0 Å². The van der Waals surface area contributed by atoms with E-state index in [0.29, 0.717) is 28.6 Å². The number of thiol groups is 1. The number of ether oxygens (including phenoxy) is 4. The number of fused-ring (bicyclic) bond motifs is 1. The molecule has 1 heterocycles. The largest absolute Gasteiger partial charge is 0.507 e. The first-order chi connectivity index (χ1) is 10.3. The molecule has 1 aliphatic heterocycles. The third-order valence-electron chi connectivity index (χ3n) is 2.89. The maximum absolute atomic E-state index is 10.3. The highest BCUT2D eigenvalue weighted by Crippen LogP contribution is 2.50. The Morgan fingerprint density at radius 3 is 2.32 bits per heavy atom. The summed E-state index contributed by atoms with van der Waals surface area (Å²) in [6.07, 6.45) is 1.35. The van der Waals surface area contributed by atoms with Crippen LogP contribution >= 0.6 is 12.6 Å². The van der Waals surface area contributed by atoms with Crippen LogP contribution in [0, 0.1) is 0 Å². The zero-order valence-electron chi connectivity index (χ0n) is 13.4. The predicted molar refractivity (Wildman–Crippen MR) is 88.5 cm³/mol. The summed E-state index contributed by atoms with van der Waals surface area (Å²) < 4.78 is 22.8. The van der Waals surface area contributed by atoms with Gasteiger partial charge in [-0.1, -0.05) is 0 Å². The molecule has 6 heteroatoms. The molecule has 122 valence electrons. The first-order valence-electron chi connectivity index (χ1n) is 7.17. The Morgan fingerprint density at radius 2 is 1.77 bits per heavy atom. The number of aliphatic hydroxyl groups is 1. The lowest BCUT2D eigenvalue weighted by Crippen LogP contribution is -2.17. The van der Waals surface area contributed by atoms with Gasteiger partial charge in [-0.3, -0.25) is 0 Å². The Labute approximate surface area is 136 Å². The second-order valence-corrected chi connectivity index (χ2v) is 6.01. The van der Waals surface area contributed by atoms with Gasteiger partial charge in [-0.05, 0) is 27.7 Å². The monoisotopic (exact) mass is 326 g/mol. The van der Waals surface area contributed by atoms with Crippen LogP contribution in [-0.4, -0.2) is 29.9 Å². The molecule has 1 unspecified atom stereocenters. The van der Waals surface area contributed by atoms with E-state index in [-0.39, 0.29) is 18.0 Å². The van der Waals surface area contributed by atoms with Crippen molar-refractivity contribution in [1.82, 2.24) is 0 Å². The first kappa shape index (κ1) is 16.7. The van der Waals surface area contributed by atoms with Crippen molar-refractivity contribution in [1.29, 1.82) is 0 Å². The quantitative estimate of drug-likeness (QED) is 0.806. The van der Waals surface area contributed by atoms with Gasteiger partial charge in [0.25, 0.3) is 0 Å². The van der Waals surface area contributed by atoms with Crippen LogP contribution in [-0.2, 0) is 0 Å². The van der Waals surface area contributed by atoms with E-state index in [4.69, 9.17) is 18.9 Å². The van der Waals surface area contributed by atoms with Crippen LogP contribution in [0.5, 0.6) is 23.0 Å². The molecule has 22 heavy (non-hydrogen) atoms. The minimum absolute atomic E-state index is 0.0432. The van der Waals surface area contributed by atoms with Crippen LogP contribution in [0.1, 0.15) is 33.3 Å². The van der Waals surface area contributed by atoms with Crippen molar-refractivity contribution in [3.63, 3.8) is 0 Å². The van der Waals surface area contributed by atoms with E-state index in [2.05, 4.69) is 12.6 Å². The molecule has 1 N–H and O–H groups in total. The average Bonchev–Trinajstić information content (AvgIpc) is 2.36. The fourth-order valence-corrected chi connectivity index (χ4v) is 2.45. The van der Waals surface area contributed by atoms with Crippen LogP contribution in [0.15, 0.2) is 12.1 Å². The van der Waals surface area contributed by atoms with Crippen molar-refractivity contribution in [2.45, 2.75) is 45.3 Å². The Morgan fingerprint density at radius 1 is 1.14 bits per heavy atom. The third-order valence-corrected chi connectivity index (χ3v) is 3.14. The summed E-state index contributed by atoms with van der Waals surface area (Å²) in [5.41, 5.74) is -0.0772. The number of aliphatic hydroxyl groups excluding tert-OH is 1. The molecule has 0 amide bonds. The van der Waals surface area contributed by atoms with Gasteiger partial charge in [0.05, 0.1) is 19.3 Å². The van der Waals surface area contributed by atoms with Gasteiger partial charge in [-0.25, -0.2) is 0 Å². The van der Waals surface area contributed by atoms with Crippen molar-refractivity contribution in [2.75, 3.05) is 7.11 Å². The molecule has 0 saturated heterocycles. The maximum Gasteiger partial charge on any atom is 0.204 e. The normalized spacial score (nSPS) is 16.9. The molecule has 0 saturated carbocycles. The lowest BCUT2D eigenvalue weighted by Gasteiger charge is -2.26. The van der Waals surface area contributed by atoms with Gasteiger partial charge in [0.15, 0.2) is 16.9 Å². The lowest BCUT2D eigenvalue weighted by atomic mass is 10.1. The molecule has 0 bridgehead atoms. The lowest BCUT2D eigenvalue weighted by molar-refractivity contribution is 0.203. The first-order valence-corrected chi connectivity index (χ1v) is 7.69. The van der Waals surface area contributed by atoms with E-state index < -0.39 is 5.44 Å². The molecule has 1 atom stereocenters.